The number of hydrogen-bond acceptors (Lipinski definition) is 2. The fourth-order valence-electron chi connectivity index (χ4n) is 3.58. The number of aromatic nitrogens is 1. The zero-order valence-corrected chi connectivity index (χ0v) is 16.9. The average Bonchev–Trinajstić information content (AvgIpc) is 3.37. The lowest BCUT2D eigenvalue weighted by atomic mass is 10.1. The van der Waals surface area contributed by atoms with Gasteiger partial charge in [0.1, 0.15) is 5.82 Å². The minimum atomic E-state index is -0.197. The molecular formula is C24H23FN2OS. The first-order chi connectivity index (χ1) is 14.2. The number of halogens is 1. The van der Waals surface area contributed by atoms with E-state index in [1.165, 1.54) is 10.9 Å². The number of amides is 1. The number of fused-ring (bicyclic) bond motifs is 1. The van der Waals surface area contributed by atoms with Gasteiger partial charge in [0.15, 0.2) is 0 Å². The number of carbonyl (C=O) groups excluding carboxylic acids is 1. The second kappa shape index (κ2) is 9.05. The van der Waals surface area contributed by atoms with Crippen molar-refractivity contribution in [3.8, 4) is 0 Å². The van der Waals surface area contributed by atoms with Crippen molar-refractivity contribution in [2.24, 2.45) is 0 Å². The van der Waals surface area contributed by atoms with Crippen LogP contribution in [0.1, 0.15) is 22.4 Å². The van der Waals surface area contributed by atoms with Crippen LogP contribution >= 0.6 is 11.3 Å². The third-order valence-corrected chi connectivity index (χ3v) is 6.00. The normalized spacial score (nSPS) is 11.1. The number of thiophene rings is 1. The summed E-state index contributed by atoms with van der Waals surface area (Å²) in [6.07, 6.45) is 4.02. The molecule has 1 amide bonds. The highest BCUT2D eigenvalue weighted by Crippen LogP contribution is 2.24. The van der Waals surface area contributed by atoms with Crippen LogP contribution in [0.25, 0.3) is 10.9 Å². The molecule has 2 aromatic carbocycles. The largest absolute Gasteiger partial charge is 0.356 e. The molecular weight excluding hydrogens is 383 g/mol. The maximum Gasteiger partial charge on any atom is 0.220 e. The van der Waals surface area contributed by atoms with E-state index < -0.39 is 0 Å². The van der Waals surface area contributed by atoms with Gasteiger partial charge < -0.3 is 9.88 Å². The van der Waals surface area contributed by atoms with Crippen LogP contribution in [0.4, 0.5) is 4.39 Å². The molecule has 4 rings (SSSR count). The number of para-hydroxylation sites is 1. The Morgan fingerprint density at radius 3 is 2.62 bits per heavy atom. The molecule has 29 heavy (non-hydrogen) atoms. The minimum absolute atomic E-state index is 0.0625. The van der Waals surface area contributed by atoms with Gasteiger partial charge in [0.25, 0.3) is 0 Å². The van der Waals surface area contributed by atoms with Crippen LogP contribution in [0.2, 0.25) is 0 Å². The number of nitrogens with zero attached hydrogens (tertiary/aromatic N) is 1. The first-order valence-electron chi connectivity index (χ1n) is 9.80. The van der Waals surface area contributed by atoms with Crippen LogP contribution in [-0.2, 0) is 24.2 Å². The molecule has 1 N–H and O–H groups in total. The Balaban J connectivity index is 1.42. The lowest BCUT2D eigenvalue weighted by molar-refractivity contribution is -0.121. The number of nitrogens with one attached hydrogen (secondary N) is 1. The smallest absolute Gasteiger partial charge is 0.220 e. The zero-order chi connectivity index (χ0) is 20.1. The van der Waals surface area contributed by atoms with E-state index in [9.17, 15) is 9.18 Å². The Bertz CT molecular complexity index is 1100. The van der Waals surface area contributed by atoms with Gasteiger partial charge in [0.2, 0.25) is 5.91 Å². The van der Waals surface area contributed by atoms with Gasteiger partial charge in [0, 0.05) is 40.5 Å². The average molecular weight is 407 g/mol. The Hall–Kier alpha value is -2.92. The number of hydrogen-bond donors (Lipinski definition) is 1. The van der Waals surface area contributed by atoms with E-state index in [1.54, 1.807) is 17.4 Å². The van der Waals surface area contributed by atoms with Crippen LogP contribution in [0.15, 0.2) is 72.2 Å². The van der Waals surface area contributed by atoms with E-state index >= 15 is 0 Å². The van der Waals surface area contributed by atoms with Gasteiger partial charge in [-0.3, -0.25) is 4.79 Å². The van der Waals surface area contributed by atoms with Crippen LogP contribution in [0.5, 0.6) is 0 Å². The molecule has 0 bridgehead atoms. The highest BCUT2D eigenvalue weighted by molar-refractivity contribution is 7.09. The van der Waals surface area contributed by atoms with Crippen LogP contribution < -0.4 is 5.32 Å². The quantitative estimate of drug-likeness (QED) is 0.430. The Kier molecular flexibility index (Phi) is 6.06. The molecule has 0 aliphatic carbocycles. The van der Waals surface area contributed by atoms with Gasteiger partial charge in [-0.1, -0.05) is 42.5 Å². The third-order valence-electron chi connectivity index (χ3n) is 5.06. The van der Waals surface area contributed by atoms with Crippen molar-refractivity contribution in [2.75, 3.05) is 6.54 Å². The van der Waals surface area contributed by atoms with Crippen molar-refractivity contribution in [1.29, 1.82) is 0 Å². The first-order valence-corrected chi connectivity index (χ1v) is 10.7. The summed E-state index contributed by atoms with van der Waals surface area (Å²) in [6.45, 7) is 1.13. The predicted molar refractivity (Wildman–Crippen MR) is 117 cm³/mol. The summed E-state index contributed by atoms with van der Waals surface area (Å²) in [5, 5.41) is 6.18. The fourth-order valence-corrected chi connectivity index (χ4v) is 4.29. The van der Waals surface area contributed by atoms with Gasteiger partial charge in [-0.05, 0) is 42.0 Å². The third kappa shape index (κ3) is 4.74. The van der Waals surface area contributed by atoms with Crippen molar-refractivity contribution in [3.05, 3.63) is 94.1 Å². The SMILES string of the molecule is O=C(CCc1cn(Cc2ccccc2F)c2ccccc12)NCCc1cccs1. The minimum Gasteiger partial charge on any atom is -0.356 e. The highest BCUT2D eigenvalue weighted by Gasteiger charge is 2.11. The van der Waals surface area contributed by atoms with Gasteiger partial charge in [0.05, 0.1) is 6.54 Å². The van der Waals surface area contributed by atoms with E-state index in [0.717, 1.165) is 22.9 Å². The fraction of sp³-hybridized carbons (Fsp3) is 0.208. The standard InChI is InChI=1S/C24H23FN2OS/c25-22-9-3-1-6-19(22)17-27-16-18(21-8-2-4-10-23(21)27)11-12-24(28)26-14-13-20-7-5-15-29-20/h1-10,15-16H,11-14,17H2,(H,26,28). The maximum atomic E-state index is 14.1. The number of carbonyl (C=O) groups is 1. The summed E-state index contributed by atoms with van der Waals surface area (Å²) >= 11 is 1.71. The molecule has 0 aliphatic rings. The van der Waals surface area contributed by atoms with Crippen molar-refractivity contribution >= 4 is 28.1 Å². The summed E-state index contributed by atoms with van der Waals surface area (Å²) < 4.78 is 16.2. The number of benzene rings is 2. The molecule has 4 aromatic rings. The highest BCUT2D eigenvalue weighted by atomic mass is 32.1. The topological polar surface area (TPSA) is 34.0 Å². The lowest BCUT2D eigenvalue weighted by Crippen LogP contribution is -2.25. The van der Waals surface area contributed by atoms with Crippen molar-refractivity contribution < 1.29 is 9.18 Å². The molecule has 2 aromatic heterocycles. The van der Waals surface area contributed by atoms with Crippen LogP contribution in [0.3, 0.4) is 0 Å². The van der Waals surface area contributed by atoms with Gasteiger partial charge in [-0.2, -0.15) is 0 Å². The molecule has 0 unspecified atom stereocenters. The van der Waals surface area contributed by atoms with Gasteiger partial charge >= 0.3 is 0 Å². The summed E-state index contributed by atoms with van der Waals surface area (Å²) in [4.78, 5) is 13.5. The van der Waals surface area contributed by atoms with E-state index in [1.807, 2.05) is 41.8 Å². The summed E-state index contributed by atoms with van der Waals surface area (Å²) in [6, 6.07) is 19.1. The van der Waals surface area contributed by atoms with Crippen LogP contribution in [0, 0.1) is 5.82 Å². The van der Waals surface area contributed by atoms with Gasteiger partial charge in [-0.25, -0.2) is 4.39 Å². The zero-order valence-electron chi connectivity index (χ0n) is 16.1. The molecule has 0 spiro atoms. The summed E-state index contributed by atoms with van der Waals surface area (Å²) in [7, 11) is 0. The molecule has 2 heterocycles. The molecule has 0 fully saturated rings. The van der Waals surface area contributed by atoms with E-state index in [4.69, 9.17) is 0 Å². The van der Waals surface area contributed by atoms with Crippen molar-refractivity contribution in [1.82, 2.24) is 9.88 Å². The van der Waals surface area contributed by atoms with E-state index in [2.05, 4.69) is 28.2 Å². The van der Waals surface area contributed by atoms with E-state index in [-0.39, 0.29) is 11.7 Å². The van der Waals surface area contributed by atoms with Crippen LogP contribution in [-0.4, -0.2) is 17.0 Å². The van der Waals surface area contributed by atoms with Crippen molar-refractivity contribution in [2.45, 2.75) is 25.8 Å². The molecule has 0 radical (unpaired) electrons. The Morgan fingerprint density at radius 1 is 0.966 bits per heavy atom. The molecule has 0 aliphatic heterocycles. The van der Waals surface area contributed by atoms with Crippen molar-refractivity contribution in [3.63, 3.8) is 0 Å². The number of aryl methyl sites for hydroxylation is 1. The Labute approximate surface area is 173 Å². The number of rotatable bonds is 8. The lowest BCUT2D eigenvalue weighted by Gasteiger charge is -2.06. The molecule has 3 nitrogen and oxygen atoms in total. The molecule has 0 saturated heterocycles. The maximum absolute atomic E-state index is 14.1. The monoisotopic (exact) mass is 406 g/mol. The summed E-state index contributed by atoms with van der Waals surface area (Å²) in [5.41, 5.74) is 2.83. The van der Waals surface area contributed by atoms with Gasteiger partial charge in [-0.15, -0.1) is 11.3 Å². The van der Waals surface area contributed by atoms with E-state index in [0.29, 0.717) is 31.5 Å². The molecule has 5 heteroatoms. The first kappa shape index (κ1) is 19.4. The molecule has 0 saturated carbocycles. The molecule has 0 atom stereocenters. The predicted octanol–water partition coefficient (Wildman–Crippen LogP) is 5.18. The summed E-state index contributed by atoms with van der Waals surface area (Å²) in [5.74, 6) is -0.135. The second-order valence-corrected chi connectivity index (χ2v) is 8.10. The second-order valence-electron chi connectivity index (χ2n) is 7.07. The molecule has 148 valence electrons. The Morgan fingerprint density at radius 2 is 1.79 bits per heavy atom.